The minimum Gasteiger partial charge on any atom is -0.476 e. The van der Waals surface area contributed by atoms with Crippen molar-refractivity contribution in [1.82, 2.24) is 4.98 Å². The Morgan fingerprint density at radius 2 is 2.00 bits per heavy atom. The monoisotopic (exact) mass is 225 g/mol. The molecule has 0 unspecified atom stereocenters. The lowest BCUT2D eigenvalue weighted by atomic mass is 10.3. The molecule has 1 aromatic rings. The summed E-state index contributed by atoms with van der Waals surface area (Å²) in [6, 6.07) is 1.10. The van der Waals surface area contributed by atoms with Crippen molar-refractivity contribution < 1.29 is 32.2 Å². The van der Waals surface area contributed by atoms with E-state index < -0.39 is 29.7 Å². The molecule has 0 fully saturated rings. The quantitative estimate of drug-likeness (QED) is 0.780. The number of hydrogen-bond donors (Lipinski definition) is 1. The highest BCUT2D eigenvalue weighted by Crippen LogP contribution is 2.21. The number of alkyl halides is 3. The SMILES string of the molecule is O=C(O)c1nc(OC(F)(F)F)ccc1F. The second kappa shape index (κ2) is 3.71. The summed E-state index contributed by atoms with van der Waals surface area (Å²) in [5.74, 6) is -4.04. The summed E-state index contributed by atoms with van der Waals surface area (Å²) >= 11 is 0. The summed E-state index contributed by atoms with van der Waals surface area (Å²) in [6.45, 7) is 0. The Bertz CT molecular complexity index is 390. The zero-order valence-electron chi connectivity index (χ0n) is 6.88. The van der Waals surface area contributed by atoms with Crippen molar-refractivity contribution in [3.8, 4) is 5.88 Å². The molecule has 1 heterocycles. The summed E-state index contributed by atoms with van der Waals surface area (Å²) < 4.78 is 51.0. The van der Waals surface area contributed by atoms with Crippen LogP contribution < -0.4 is 4.74 Å². The van der Waals surface area contributed by atoms with Gasteiger partial charge in [0.2, 0.25) is 5.88 Å². The third-order valence-corrected chi connectivity index (χ3v) is 1.24. The van der Waals surface area contributed by atoms with Gasteiger partial charge in [-0.25, -0.2) is 14.2 Å². The Kier molecular flexibility index (Phi) is 2.78. The molecule has 0 radical (unpaired) electrons. The van der Waals surface area contributed by atoms with Gasteiger partial charge < -0.3 is 9.84 Å². The molecular formula is C7H3F4NO3. The van der Waals surface area contributed by atoms with E-state index in [0.29, 0.717) is 12.1 Å². The number of ether oxygens (including phenoxy) is 1. The second-order valence-corrected chi connectivity index (χ2v) is 2.33. The van der Waals surface area contributed by atoms with Crippen molar-refractivity contribution in [2.45, 2.75) is 6.36 Å². The van der Waals surface area contributed by atoms with E-state index in [1.165, 1.54) is 0 Å². The molecule has 1 aromatic heterocycles. The van der Waals surface area contributed by atoms with Gasteiger partial charge in [-0.1, -0.05) is 0 Å². The predicted molar refractivity (Wildman–Crippen MR) is 37.8 cm³/mol. The lowest BCUT2D eigenvalue weighted by Crippen LogP contribution is -2.19. The number of aromatic nitrogens is 1. The number of carboxylic acid groups (broad SMARTS) is 1. The van der Waals surface area contributed by atoms with Crippen LogP contribution in [0.25, 0.3) is 0 Å². The highest BCUT2D eigenvalue weighted by atomic mass is 19.4. The summed E-state index contributed by atoms with van der Waals surface area (Å²) in [7, 11) is 0. The molecular weight excluding hydrogens is 222 g/mol. The molecule has 0 saturated heterocycles. The smallest absolute Gasteiger partial charge is 0.476 e. The third-order valence-electron chi connectivity index (χ3n) is 1.24. The van der Waals surface area contributed by atoms with Crippen LogP contribution >= 0.6 is 0 Å². The number of aromatic carboxylic acids is 1. The molecule has 0 spiro atoms. The maximum absolute atomic E-state index is 12.7. The molecule has 0 amide bonds. The number of carboxylic acids is 1. The van der Waals surface area contributed by atoms with Gasteiger partial charge in [-0.3, -0.25) is 0 Å². The molecule has 0 aliphatic heterocycles. The Hall–Kier alpha value is -1.86. The molecule has 0 aliphatic rings. The second-order valence-electron chi connectivity index (χ2n) is 2.33. The highest BCUT2D eigenvalue weighted by molar-refractivity contribution is 5.85. The van der Waals surface area contributed by atoms with Crippen molar-refractivity contribution in [1.29, 1.82) is 0 Å². The molecule has 1 N–H and O–H groups in total. The van der Waals surface area contributed by atoms with Crippen LogP contribution in [0.15, 0.2) is 12.1 Å². The molecule has 8 heteroatoms. The van der Waals surface area contributed by atoms with Crippen LogP contribution in [0.5, 0.6) is 5.88 Å². The van der Waals surface area contributed by atoms with Crippen LogP contribution in [0.1, 0.15) is 10.5 Å². The van der Waals surface area contributed by atoms with Gasteiger partial charge in [0.15, 0.2) is 11.5 Å². The van der Waals surface area contributed by atoms with E-state index in [-0.39, 0.29) is 0 Å². The first-order chi connectivity index (χ1) is 6.79. The van der Waals surface area contributed by atoms with Crippen molar-refractivity contribution in [2.24, 2.45) is 0 Å². The number of nitrogens with zero attached hydrogens (tertiary/aromatic N) is 1. The predicted octanol–water partition coefficient (Wildman–Crippen LogP) is 1.82. The van der Waals surface area contributed by atoms with Gasteiger partial charge in [0.05, 0.1) is 0 Å². The van der Waals surface area contributed by atoms with E-state index in [0.717, 1.165) is 0 Å². The minimum absolute atomic E-state index is 0.525. The van der Waals surface area contributed by atoms with E-state index in [9.17, 15) is 22.4 Å². The molecule has 1 rings (SSSR count). The van der Waals surface area contributed by atoms with Gasteiger partial charge in [0.1, 0.15) is 0 Å². The molecule has 0 aliphatic carbocycles. The zero-order chi connectivity index (χ0) is 11.6. The Morgan fingerprint density at radius 3 is 2.47 bits per heavy atom. The van der Waals surface area contributed by atoms with Crippen molar-refractivity contribution in [3.63, 3.8) is 0 Å². The minimum atomic E-state index is -5.00. The Morgan fingerprint density at radius 1 is 1.40 bits per heavy atom. The number of hydrogen-bond acceptors (Lipinski definition) is 3. The molecule has 82 valence electrons. The van der Waals surface area contributed by atoms with Crippen molar-refractivity contribution >= 4 is 5.97 Å². The van der Waals surface area contributed by atoms with E-state index in [1.54, 1.807) is 0 Å². The first-order valence-electron chi connectivity index (χ1n) is 3.45. The van der Waals surface area contributed by atoms with E-state index >= 15 is 0 Å². The number of rotatable bonds is 2. The first-order valence-corrected chi connectivity index (χ1v) is 3.45. The van der Waals surface area contributed by atoms with Gasteiger partial charge >= 0.3 is 12.3 Å². The van der Waals surface area contributed by atoms with Crippen molar-refractivity contribution in [3.05, 3.63) is 23.6 Å². The average molecular weight is 225 g/mol. The number of pyridine rings is 1. The van der Waals surface area contributed by atoms with Crippen LogP contribution in [0.3, 0.4) is 0 Å². The van der Waals surface area contributed by atoms with Gasteiger partial charge in [-0.05, 0) is 6.07 Å². The van der Waals surface area contributed by atoms with E-state index in [1.807, 2.05) is 0 Å². The van der Waals surface area contributed by atoms with Crippen LogP contribution in [0, 0.1) is 5.82 Å². The van der Waals surface area contributed by atoms with Gasteiger partial charge in [0.25, 0.3) is 0 Å². The molecule has 0 atom stereocenters. The first kappa shape index (κ1) is 11.2. The lowest BCUT2D eigenvalue weighted by Gasteiger charge is -2.07. The molecule has 0 aromatic carbocycles. The van der Waals surface area contributed by atoms with Crippen LogP contribution in [-0.4, -0.2) is 22.4 Å². The maximum Gasteiger partial charge on any atom is 0.574 e. The van der Waals surface area contributed by atoms with E-state index in [4.69, 9.17) is 5.11 Å². The number of halogens is 4. The van der Waals surface area contributed by atoms with E-state index in [2.05, 4.69) is 9.72 Å². The summed E-state index contributed by atoms with van der Waals surface area (Å²) in [4.78, 5) is 13.1. The maximum atomic E-state index is 12.7. The van der Waals surface area contributed by atoms with Gasteiger partial charge in [0, 0.05) is 6.07 Å². The van der Waals surface area contributed by atoms with Gasteiger partial charge in [-0.2, -0.15) is 0 Å². The fourth-order valence-electron chi connectivity index (χ4n) is 0.750. The molecule has 0 saturated carbocycles. The molecule has 4 nitrogen and oxygen atoms in total. The zero-order valence-corrected chi connectivity index (χ0v) is 6.88. The fourth-order valence-corrected chi connectivity index (χ4v) is 0.750. The van der Waals surface area contributed by atoms with Crippen LogP contribution in [0.2, 0.25) is 0 Å². The number of carbonyl (C=O) groups is 1. The normalized spacial score (nSPS) is 11.2. The topological polar surface area (TPSA) is 59.4 Å². The van der Waals surface area contributed by atoms with Gasteiger partial charge in [-0.15, -0.1) is 13.2 Å². The fraction of sp³-hybridized carbons (Fsp3) is 0.143. The highest BCUT2D eigenvalue weighted by Gasteiger charge is 2.32. The summed E-state index contributed by atoms with van der Waals surface area (Å²) in [5, 5.41) is 8.35. The Labute approximate surface area is 80.1 Å². The standard InChI is InChI=1S/C7H3F4NO3/c8-3-1-2-4(15-7(9,10)11)12-5(3)6(13)14/h1-2H,(H,13,14). The summed E-state index contributed by atoms with van der Waals surface area (Å²) in [6.07, 6.45) is -5.00. The van der Waals surface area contributed by atoms with Crippen LogP contribution in [0.4, 0.5) is 17.6 Å². The lowest BCUT2D eigenvalue weighted by molar-refractivity contribution is -0.276. The summed E-state index contributed by atoms with van der Waals surface area (Å²) in [5.41, 5.74) is -1.13. The Balaban J connectivity index is 3.03. The largest absolute Gasteiger partial charge is 0.574 e. The van der Waals surface area contributed by atoms with Crippen molar-refractivity contribution in [2.75, 3.05) is 0 Å². The average Bonchev–Trinajstić information content (AvgIpc) is 2.05. The third kappa shape index (κ3) is 3.08. The molecule has 15 heavy (non-hydrogen) atoms. The molecule has 0 bridgehead atoms. The van der Waals surface area contributed by atoms with Crippen LogP contribution in [-0.2, 0) is 0 Å².